The van der Waals surface area contributed by atoms with Crippen LogP contribution in [-0.4, -0.2) is 23.4 Å². The fourth-order valence-electron chi connectivity index (χ4n) is 1.55. The molecule has 15 heavy (non-hydrogen) atoms. The lowest BCUT2D eigenvalue weighted by atomic mass is 10.1. The number of hydrogen-bond acceptors (Lipinski definition) is 1. The van der Waals surface area contributed by atoms with Crippen molar-refractivity contribution < 1.29 is 4.79 Å². The Morgan fingerprint density at radius 2 is 1.93 bits per heavy atom. The van der Waals surface area contributed by atoms with Crippen LogP contribution in [0.2, 0.25) is 0 Å². The molecular formula is C13H18NO. The molecule has 0 spiro atoms. The van der Waals surface area contributed by atoms with Gasteiger partial charge in [-0.1, -0.05) is 30.3 Å². The van der Waals surface area contributed by atoms with E-state index < -0.39 is 0 Å². The molecule has 0 aliphatic rings. The highest BCUT2D eigenvalue weighted by Crippen LogP contribution is 2.07. The van der Waals surface area contributed by atoms with Crippen LogP contribution in [0.3, 0.4) is 0 Å². The van der Waals surface area contributed by atoms with Crippen LogP contribution in [0.1, 0.15) is 26.3 Å². The molecule has 0 N–H and O–H groups in total. The maximum absolute atomic E-state index is 11.9. The molecule has 0 heterocycles. The summed E-state index contributed by atoms with van der Waals surface area (Å²) in [5.74, 6) is 0.0821. The van der Waals surface area contributed by atoms with Gasteiger partial charge in [0.15, 0.2) is 0 Å². The van der Waals surface area contributed by atoms with Crippen LogP contribution >= 0.6 is 0 Å². The van der Waals surface area contributed by atoms with Crippen molar-refractivity contribution in [1.29, 1.82) is 0 Å². The molecule has 2 heteroatoms. The summed E-state index contributed by atoms with van der Waals surface area (Å²) >= 11 is 0. The van der Waals surface area contributed by atoms with Gasteiger partial charge in [0.25, 0.3) is 0 Å². The van der Waals surface area contributed by atoms with Gasteiger partial charge in [0.2, 0.25) is 5.91 Å². The highest BCUT2D eigenvalue weighted by atomic mass is 16.2. The molecule has 0 saturated carbocycles. The zero-order valence-electron chi connectivity index (χ0n) is 9.60. The Bertz CT molecular complexity index is 306. The van der Waals surface area contributed by atoms with E-state index in [0.29, 0.717) is 0 Å². The molecule has 1 aromatic carbocycles. The molecule has 2 nitrogen and oxygen atoms in total. The Balaban J connectivity index is 2.62. The SMILES string of the molecule is CCN(C(=O)[CH]c1ccccc1)C(C)C. The van der Waals surface area contributed by atoms with E-state index in [2.05, 4.69) is 0 Å². The van der Waals surface area contributed by atoms with E-state index in [1.165, 1.54) is 0 Å². The molecule has 0 unspecified atom stereocenters. The quantitative estimate of drug-likeness (QED) is 0.738. The van der Waals surface area contributed by atoms with E-state index >= 15 is 0 Å². The maximum Gasteiger partial charge on any atom is 0.231 e. The normalized spacial score (nSPS) is 10.4. The first-order chi connectivity index (χ1) is 7.15. The van der Waals surface area contributed by atoms with E-state index in [1.54, 1.807) is 6.42 Å². The zero-order chi connectivity index (χ0) is 11.3. The topological polar surface area (TPSA) is 20.3 Å². The van der Waals surface area contributed by atoms with Crippen LogP contribution in [0, 0.1) is 6.42 Å². The van der Waals surface area contributed by atoms with Crippen LogP contribution in [0.15, 0.2) is 30.3 Å². The van der Waals surface area contributed by atoms with Gasteiger partial charge in [0.1, 0.15) is 0 Å². The molecule has 1 aromatic rings. The first-order valence-corrected chi connectivity index (χ1v) is 5.35. The predicted octanol–water partition coefficient (Wildman–Crippen LogP) is 2.50. The molecule has 81 valence electrons. The largest absolute Gasteiger partial charge is 0.340 e. The van der Waals surface area contributed by atoms with Gasteiger partial charge in [-0.2, -0.15) is 0 Å². The van der Waals surface area contributed by atoms with Crippen LogP contribution in [0.25, 0.3) is 0 Å². The molecule has 0 fully saturated rings. The van der Waals surface area contributed by atoms with Gasteiger partial charge in [-0.15, -0.1) is 0 Å². The predicted molar refractivity (Wildman–Crippen MR) is 62.4 cm³/mol. The van der Waals surface area contributed by atoms with Gasteiger partial charge in [-0.3, -0.25) is 4.79 Å². The van der Waals surface area contributed by atoms with Crippen molar-refractivity contribution in [1.82, 2.24) is 4.90 Å². The Morgan fingerprint density at radius 3 is 2.40 bits per heavy atom. The number of benzene rings is 1. The Labute approximate surface area is 91.9 Å². The molecule has 1 amide bonds. The lowest BCUT2D eigenvalue weighted by Gasteiger charge is -2.24. The summed E-state index contributed by atoms with van der Waals surface area (Å²) in [5.41, 5.74) is 0.960. The molecule has 0 saturated heterocycles. The summed E-state index contributed by atoms with van der Waals surface area (Å²) in [6.07, 6.45) is 1.68. The van der Waals surface area contributed by atoms with E-state index in [4.69, 9.17) is 0 Å². The fourth-order valence-corrected chi connectivity index (χ4v) is 1.55. The van der Waals surface area contributed by atoms with E-state index in [-0.39, 0.29) is 11.9 Å². The molecule has 1 rings (SSSR count). The fraction of sp³-hybridized carbons (Fsp3) is 0.385. The Morgan fingerprint density at radius 1 is 1.33 bits per heavy atom. The standard InChI is InChI=1S/C13H18NO/c1-4-14(11(2)3)13(15)10-12-8-6-5-7-9-12/h5-11H,4H2,1-3H3. The second-order valence-electron chi connectivity index (χ2n) is 3.77. The van der Waals surface area contributed by atoms with E-state index in [1.807, 2.05) is 56.0 Å². The minimum Gasteiger partial charge on any atom is -0.340 e. The van der Waals surface area contributed by atoms with Gasteiger partial charge in [0.05, 0.1) is 6.42 Å². The number of amides is 1. The van der Waals surface area contributed by atoms with Crippen molar-refractivity contribution in [2.75, 3.05) is 6.54 Å². The van der Waals surface area contributed by atoms with Crippen molar-refractivity contribution in [3.8, 4) is 0 Å². The average molecular weight is 204 g/mol. The van der Waals surface area contributed by atoms with Crippen molar-refractivity contribution in [3.63, 3.8) is 0 Å². The first-order valence-electron chi connectivity index (χ1n) is 5.35. The molecule has 0 aromatic heterocycles. The van der Waals surface area contributed by atoms with Gasteiger partial charge < -0.3 is 4.90 Å². The van der Waals surface area contributed by atoms with Crippen molar-refractivity contribution in [3.05, 3.63) is 42.3 Å². The van der Waals surface area contributed by atoms with Gasteiger partial charge in [0, 0.05) is 12.6 Å². The van der Waals surface area contributed by atoms with E-state index in [9.17, 15) is 4.79 Å². The van der Waals surface area contributed by atoms with Crippen molar-refractivity contribution in [2.24, 2.45) is 0 Å². The van der Waals surface area contributed by atoms with Gasteiger partial charge >= 0.3 is 0 Å². The number of carbonyl (C=O) groups excluding carboxylic acids is 1. The summed E-state index contributed by atoms with van der Waals surface area (Å²) in [4.78, 5) is 13.7. The average Bonchev–Trinajstić information content (AvgIpc) is 2.19. The number of likely N-dealkylation sites (N-methyl/N-ethyl adjacent to an activating group) is 1. The smallest absolute Gasteiger partial charge is 0.231 e. The third-order valence-electron chi connectivity index (χ3n) is 2.34. The number of rotatable bonds is 4. The minimum atomic E-state index is 0.0821. The third kappa shape index (κ3) is 3.39. The minimum absolute atomic E-state index is 0.0821. The molecule has 0 atom stereocenters. The van der Waals surface area contributed by atoms with Crippen LogP contribution < -0.4 is 0 Å². The third-order valence-corrected chi connectivity index (χ3v) is 2.34. The second-order valence-corrected chi connectivity index (χ2v) is 3.77. The van der Waals surface area contributed by atoms with Crippen molar-refractivity contribution >= 4 is 5.91 Å². The zero-order valence-corrected chi connectivity index (χ0v) is 9.60. The summed E-state index contributed by atoms with van der Waals surface area (Å²) in [5, 5.41) is 0. The highest BCUT2D eigenvalue weighted by molar-refractivity contribution is 5.88. The number of nitrogens with zero attached hydrogens (tertiary/aromatic N) is 1. The summed E-state index contributed by atoms with van der Waals surface area (Å²) in [6.45, 7) is 6.80. The summed E-state index contributed by atoms with van der Waals surface area (Å²) in [6, 6.07) is 9.94. The molecule has 0 bridgehead atoms. The van der Waals surface area contributed by atoms with Gasteiger partial charge in [-0.25, -0.2) is 0 Å². The number of carbonyl (C=O) groups is 1. The summed E-state index contributed by atoms with van der Waals surface area (Å²) < 4.78 is 0. The Kier molecular flexibility index (Phi) is 4.35. The second kappa shape index (κ2) is 5.54. The maximum atomic E-state index is 11.9. The molecule has 1 radical (unpaired) electrons. The molecule has 0 aliphatic heterocycles. The van der Waals surface area contributed by atoms with Crippen LogP contribution in [0.5, 0.6) is 0 Å². The van der Waals surface area contributed by atoms with Crippen LogP contribution in [-0.2, 0) is 4.79 Å². The number of hydrogen-bond donors (Lipinski definition) is 0. The lowest BCUT2D eigenvalue weighted by molar-refractivity contribution is -0.128. The lowest BCUT2D eigenvalue weighted by Crippen LogP contribution is -2.36. The van der Waals surface area contributed by atoms with Crippen LogP contribution in [0.4, 0.5) is 0 Å². The van der Waals surface area contributed by atoms with Gasteiger partial charge in [-0.05, 0) is 26.3 Å². The monoisotopic (exact) mass is 204 g/mol. The summed E-state index contributed by atoms with van der Waals surface area (Å²) in [7, 11) is 0. The Hall–Kier alpha value is -1.31. The first kappa shape index (κ1) is 11.8. The van der Waals surface area contributed by atoms with E-state index in [0.717, 1.165) is 12.1 Å². The molecule has 0 aliphatic carbocycles. The highest BCUT2D eigenvalue weighted by Gasteiger charge is 2.15. The molecular weight excluding hydrogens is 186 g/mol. The van der Waals surface area contributed by atoms with Crippen molar-refractivity contribution in [2.45, 2.75) is 26.8 Å².